The highest BCUT2D eigenvalue weighted by Crippen LogP contribution is 2.22. The lowest BCUT2D eigenvalue weighted by atomic mass is 10.0. The fourth-order valence-electron chi connectivity index (χ4n) is 2.24. The van der Waals surface area contributed by atoms with E-state index in [9.17, 15) is 0 Å². The van der Waals surface area contributed by atoms with Crippen molar-refractivity contribution in [2.24, 2.45) is 11.7 Å². The molecule has 1 heterocycles. The fourth-order valence-corrected chi connectivity index (χ4v) is 2.24. The number of ether oxygens (including phenoxy) is 1. The van der Waals surface area contributed by atoms with Crippen molar-refractivity contribution in [1.82, 2.24) is 4.90 Å². The Balaban J connectivity index is 1.92. The van der Waals surface area contributed by atoms with Gasteiger partial charge in [-0.3, -0.25) is 4.90 Å². The van der Waals surface area contributed by atoms with Gasteiger partial charge in [-0.1, -0.05) is 32.0 Å². The van der Waals surface area contributed by atoms with Crippen molar-refractivity contribution in [2.75, 3.05) is 19.7 Å². The van der Waals surface area contributed by atoms with Crippen LogP contribution in [0.3, 0.4) is 0 Å². The van der Waals surface area contributed by atoms with Gasteiger partial charge in [-0.15, -0.1) is 0 Å². The number of hydrogen-bond donors (Lipinski definition) is 1. The highest BCUT2D eigenvalue weighted by atomic mass is 16.5. The molecule has 1 unspecified atom stereocenters. The van der Waals surface area contributed by atoms with Gasteiger partial charge in [0.25, 0.3) is 0 Å². The summed E-state index contributed by atoms with van der Waals surface area (Å²) in [6.07, 6.45) is 1.06. The third-order valence-electron chi connectivity index (χ3n) is 3.67. The van der Waals surface area contributed by atoms with Crippen molar-refractivity contribution < 1.29 is 4.74 Å². The predicted octanol–water partition coefficient (Wildman–Crippen LogP) is 2.25. The molecule has 0 saturated carbocycles. The van der Waals surface area contributed by atoms with Crippen LogP contribution < -0.4 is 10.5 Å². The summed E-state index contributed by atoms with van der Waals surface area (Å²) in [5.74, 6) is 1.59. The van der Waals surface area contributed by atoms with Crippen LogP contribution in [0.5, 0.6) is 5.75 Å². The Kier molecular flexibility index (Phi) is 4.61. The molecule has 1 aliphatic heterocycles. The smallest absolute Gasteiger partial charge is 0.123 e. The van der Waals surface area contributed by atoms with Crippen LogP contribution in [0, 0.1) is 5.92 Å². The fraction of sp³-hybridized carbons (Fsp3) is 0.600. The SMILES string of the molecule is CC(C)C(N)CCN1CCOc2ccccc2C1. The van der Waals surface area contributed by atoms with Crippen LogP contribution in [-0.4, -0.2) is 30.6 Å². The van der Waals surface area contributed by atoms with Crippen LogP contribution in [0.1, 0.15) is 25.8 Å². The first-order valence-electron chi connectivity index (χ1n) is 6.85. The van der Waals surface area contributed by atoms with E-state index in [2.05, 4.69) is 36.9 Å². The van der Waals surface area contributed by atoms with Gasteiger partial charge in [0.1, 0.15) is 12.4 Å². The summed E-state index contributed by atoms with van der Waals surface area (Å²) in [4.78, 5) is 2.44. The normalized spacial score (nSPS) is 18.0. The molecular weight excluding hydrogens is 224 g/mol. The van der Waals surface area contributed by atoms with Gasteiger partial charge < -0.3 is 10.5 Å². The number of fused-ring (bicyclic) bond motifs is 1. The molecular formula is C15H24N2O. The van der Waals surface area contributed by atoms with E-state index in [1.165, 1.54) is 5.56 Å². The first-order valence-corrected chi connectivity index (χ1v) is 6.85. The summed E-state index contributed by atoms with van der Waals surface area (Å²) < 4.78 is 5.76. The Morgan fingerprint density at radius 3 is 2.89 bits per heavy atom. The van der Waals surface area contributed by atoms with E-state index >= 15 is 0 Å². The zero-order valence-electron chi connectivity index (χ0n) is 11.4. The molecule has 1 aromatic rings. The monoisotopic (exact) mass is 248 g/mol. The van der Waals surface area contributed by atoms with Crippen LogP contribution in [0.15, 0.2) is 24.3 Å². The molecule has 100 valence electrons. The van der Waals surface area contributed by atoms with Crippen molar-refractivity contribution in [3.8, 4) is 5.75 Å². The summed E-state index contributed by atoms with van der Waals surface area (Å²) in [6.45, 7) is 8.16. The summed E-state index contributed by atoms with van der Waals surface area (Å²) in [5.41, 5.74) is 7.39. The summed E-state index contributed by atoms with van der Waals surface area (Å²) in [7, 11) is 0. The highest BCUT2D eigenvalue weighted by Gasteiger charge is 2.16. The minimum atomic E-state index is 0.296. The maximum atomic E-state index is 6.11. The second kappa shape index (κ2) is 6.21. The van der Waals surface area contributed by atoms with Gasteiger partial charge in [-0.05, 0) is 18.4 Å². The van der Waals surface area contributed by atoms with Gasteiger partial charge in [0, 0.05) is 31.2 Å². The maximum Gasteiger partial charge on any atom is 0.123 e. The van der Waals surface area contributed by atoms with E-state index in [0.717, 1.165) is 38.4 Å². The van der Waals surface area contributed by atoms with Crippen LogP contribution >= 0.6 is 0 Å². The molecule has 1 aromatic carbocycles. The molecule has 0 radical (unpaired) electrons. The zero-order valence-corrected chi connectivity index (χ0v) is 11.4. The zero-order chi connectivity index (χ0) is 13.0. The Morgan fingerprint density at radius 1 is 1.33 bits per heavy atom. The molecule has 0 amide bonds. The van der Waals surface area contributed by atoms with Crippen LogP contribution in [0.25, 0.3) is 0 Å². The number of para-hydroxylation sites is 1. The minimum Gasteiger partial charge on any atom is -0.492 e. The molecule has 0 bridgehead atoms. The van der Waals surface area contributed by atoms with Gasteiger partial charge in [0.05, 0.1) is 0 Å². The molecule has 18 heavy (non-hydrogen) atoms. The number of rotatable bonds is 4. The van der Waals surface area contributed by atoms with Gasteiger partial charge >= 0.3 is 0 Å². The number of benzene rings is 1. The van der Waals surface area contributed by atoms with Gasteiger partial charge in [0.15, 0.2) is 0 Å². The second-order valence-electron chi connectivity index (χ2n) is 5.43. The maximum absolute atomic E-state index is 6.11. The minimum absolute atomic E-state index is 0.296. The van der Waals surface area contributed by atoms with E-state index in [4.69, 9.17) is 10.5 Å². The molecule has 3 heteroatoms. The van der Waals surface area contributed by atoms with Crippen molar-refractivity contribution in [1.29, 1.82) is 0 Å². The quantitative estimate of drug-likeness (QED) is 0.888. The lowest BCUT2D eigenvalue weighted by molar-refractivity contribution is 0.215. The molecule has 0 saturated heterocycles. The Bertz CT molecular complexity index is 379. The van der Waals surface area contributed by atoms with Gasteiger partial charge in [-0.2, -0.15) is 0 Å². The molecule has 2 N–H and O–H groups in total. The Labute approximate surface area is 110 Å². The van der Waals surface area contributed by atoms with Crippen LogP contribution in [0.2, 0.25) is 0 Å². The summed E-state index contributed by atoms with van der Waals surface area (Å²) >= 11 is 0. The topological polar surface area (TPSA) is 38.5 Å². The Morgan fingerprint density at radius 2 is 2.11 bits per heavy atom. The molecule has 0 spiro atoms. The largest absolute Gasteiger partial charge is 0.492 e. The Hall–Kier alpha value is -1.06. The van der Waals surface area contributed by atoms with E-state index in [1.807, 2.05) is 6.07 Å². The highest BCUT2D eigenvalue weighted by molar-refractivity contribution is 5.33. The standard InChI is InChI=1S/C15H24N2O/c1-12(2)14(16)7-8-17-9-10-18-15-6-4-3-5-13(15)11-17/h3-6,12,14H,7-11,16H2,1-2H3. The third kappa shape index (κ3) is 3.47. The first-order chi connectivity index (χ1) is 8.66. The molecule has 0 aliphatic carbocycles. The average molecular weight is 248 g/mol. The van der Waals surface area contributed by atoms with Crippen molar-refractivity contribution in [2.45, 2.75) is 32.9 Å². The molecule has 1 aliphatic rings. The van der Waals surface area contributed by atoms with E-state index < -0.39 is 0 Å². The van der Waals surface area contributed by atoms with Crippen LogP contribution in [-0.2, 0) is 6.54 Å². The second-order valence-corrected chi connectivity index (χ2v) is 5.43. The van der Waals surface area contributed by atoms with Gasteiger partial charge in [-0.25, -0.2) is 0 Å². The van der Waals surface area contributed by atoms with Crippen molar-refractivity contribution in [3.05, 3.63) is 29.8 Å². The summed E-state index contributed by atoms with van der Waals surface area (Å²) in [5, 5.41) is 0. The lowest BCUT2D eigenvalue weighted by Crippen LogP contribution is -2.34. The molecule has 2 rings (SSSR count). The number of nitrogens with zero attached hydrogens (tertiary/aromatic N) is 1. The van der Waals surface area contributed by atoms with Crippen LogP contribution in [0.4, 0.5) is 0 Å². The molecule has 1 atom stereocenters. The molecule has 0 aromatic heterocycles. The number of hydrogen-bond acceptors (Lipinski definition) is 3. The number of nitrogens with two attached hydrogens (primary N) is 1. The predicted molar refractivity (Wildman–Crippen MR) is 74.6 cm³/mol. The van der Waals surface area contributed by atoms with E-state index in [1.54, 1.807) is 0 Å². The van der Waals surface area contributed by atoms with Crippen molar-refractivity contribution in [3.63, 3.8) is 0 Å². The summed E-state index contributed by atoms with van der Waals surface area (Å²) in [6, 6.07) is 8.60. The third-order valence-corrected chi connectivity index (χ3v) is 3.67. The molecule has 0 fully saturated rings. The van der Waals surface area contributed by atoms with Crippen molar-refractivity contribution >= 4 is 0 Å². The van der Waals surface area contributed by atoms with E-state index in [0.29, 0.717) is 12.0 Å². The first kappa shape index (κ1) is 13.4. The molecule has 3 nitrogen and oxygen atoms in total. The van der Waals surface area contributed by atoms with E-state index in [-0.39, 0.29) is 0 Å². The average Bonchev–Trinajstić information content (AvgIpc) is 2.57. The lowest BCUT2D eigenvalue weighted by Gasteiger charge is -2.23. The van der Waals surface area contributed by atoms with Gasteiger partial charge in [0.2, 0.25) is 0 Å².